The number of carbonyl (C=O) groups is 1. The van der Waals surface area contributed by atoms with Crippen LogP contribution in [-0.4, -0.2) is 22.4 Å². The van der Waals surface area contributed by atoms with E-state index in [0.29, 0.717) is 12.2 Å². The zero-order valence-electron chi connectivity index (χ0n) is 12.6. The van der Waals surface area contributed by atoms with Crippen molar-refractivity contribution in [2.75, 3.05) is 6.61 Å². The maximum absolute atomic E-state index is 11.9. The summed E-state index contributed by atoms with van der Waals surface area (Å²) >= 11 is 1.77. The summed E-state index contributed by atoms with van der Waals surface area (Å²) in [5, 5.41) is 4.16. The van der Waals surface area contributed by atoms with Gasteiger partial charge in [0.15, 0.2) is 0 Å². The van der Waals surface area contributed by atoms with E-state index < -0.39 is 0 Å². The lowest BCUT2D eigenvalue weighted by Crippen LogP contribution is -2.08. The van der Waals surface area contributed by atoms with Gasteiger partial charge in [-0.3, -0.25) is 4.68 Å². The SMILES string of the molecule is CCOC(=O)c1cnn(C)c1CSCc1cccc(C)c1. The second-order valence-electron chi connectivity index (χ2n) is 4.83. The number of esters is 1. The summed E-state index contributed by atoms with van der Waals surface area (Å²) in [5.41, 5.74) is 4.03. The molecule has 0 unspecified atom stereocenters. The van der Waals surface area contributed by atoms with Gasteiger partial charge in [0.25, 0.3) is 0 Å². The molecule has 0 saturated carbocycles. The van der Waals surface area contributed by atoms with E-state index in [1.807, 2.05) is 7.05 Å². The van der Waals surface area contributed by atoms with E-state index in [9.17, 15) is 4.79 Å². The lowest BCUT2D eigenvalue weighted by molar-refractivity contribution is 0.0525. The van der Waals surface area contributed by atoms with Crippen LogP contribution >= 0.6 is 11.8 Å². The predicted molar refractivity (Wildman–Crippen MR) is 85.3 cm³/mol. The van der Waals surface area contributed by atoms with Crippen LogP contribution < -0.4 is 0 Å². The van der Waals surface area contributed by atoms with E-state index in [1.54, 1.807) is 29.6 Å². The fourth-order valence-corrected chi connectivity index (χ4v) is 3.13. The zero-order valence-corrected chi connectivity index (χ0v) is 13.4. The monoisotopic (exact) mass is 304 g/mol. The molecular formula is C16H20N2O2S. The Morgan fingerprint density at radius 3 is 2.90 bits per heavy atom. The number of ether oxygens (including phenoxy) is 1. The molecule has 21 heavy (non-hydrogen) atoms. The Kier molecular flexibility index (Phi) is 5.44. The van der Waals surface area contributed by atoms with Crippen molar-refractivity contribution in [1.82, 2.24) is 9.78 Å². The van der Waals surface area contributed by atoms with Gasteiger partial charge in [-0.1, -0.05) is 29.8 Å². The Balaban J connectivity index is 2.00. The minimum absolute atomic E-state index is 0.295. The summed E-state index contributed by atoms with van der Waals surface area (Å²) < 4.78 is 6.81. The molecule has 0 saturated heterocycles. The van der Waals surface area contributed by atoms with Gasteiger partial charge in [0, 0.05) is 18.6 Å². The fourth-order valence-electron chi connectivity index (χ4n) is 2.08. The fraction of sp³-hybridized carbons (Fsp3) is 0.375. The molecule has 4 nitrogen and oxygen atoms in total. The van der Waals surface area contributed by atoms with Crippen LogP contribution in [0.15, 0.2) is 30.5 Å². The number of benzene rings is 1. The van der Waals surface area contributed by atoms with Gasteiger partial charge in [0.1, 0.15) is 5.56 Å². The van der Waals surface area contributed by atoms with Gasteiger partial charge in [0.05, 0.1) is 18.5 Å². The molecule has 0 aliphatic carbocycles. The summed E-state index contributed by atoms with van der Waals surface area (Å²) in [5.74, 6) is 1.35. The Labute approximate surface area is 129 Å². The van der Waals surface area contributed by atoms with E-state index in [4.69, 9.17) is 4.74 Å². The molecule has 0 spiro atoms. The van der Waals surface area contributed by atoms with Gasteiger partial charge >= 0.3 is 5.97 Å². The first-order valence-corrected chi connectivity index (χ1v) is 8.08. The van der Waals surface area contributed by atoms with Gasteiger partial charge < -0.3 is 4.74 Å². The van der Waals surface area contributed by atoms with E-state index in [-0.39, 0.29) is 5.97 Å². The molecule has 1 heterocycles. The standard InChI is InChI=1S/C16H20N2O2S/c1-4-20-16(19)14-9-17-18(3)15(14)11-21-10-13-7-5-6-12(2)8-13/h5-9H,4,10-11H2,1-3H3. The third kappa shape index (κ3) is 4.11. The van der Waals surface area contributed by atoms with Crippen molar-refractivity contribution in [3.05, 3.63) is 52.8 Å². The van der Waals surface area contributed by atoms with Crippen molar-refractivity contribution in [2.45, 2.75) is 25.4 Å². The number of carbonyl (C=O) groups excluding carboxylic acids is 1. The van der Waals surface area contributed by atoms with Crippen LogP contribution in [0, 0.1) is 6.92 Å². The van der Waals surface area contributed by atoms with Crippen molar-refractivity contribution in [3.63, 3.8) is 0 Å². The normalized spacial score (nSPS) is 10.6. The first kappa shape index (κ1) is 15.6. The van der Waals surface area contributed by atoms with Gasteiger partial charge in [-0.15, -0.1) is 0 Å². The van der Waals surface area contributed by atoms with Crippen LogP contribution in [0.25, 0.3) is 0 Å². The minimum atomic E-state index is -0.295. The minimum Gasteiger partial charge on any atom is -0.462 e. The third-order valence-corrected chi connectivity index (χ3v) is 4.16. The Bertz CT molecular complexity index is 622. The second kappa shape index (κ2) is 7.31. The predicted octanol–water partition coefficient (Wildman–Crippen LogP) is 3.34. The average molecular weight is 304 g/mol. The third-order valence-electron chi connectivity index (χ3n) is 3.15. The van der Waals surface area contributed by atoms with Gasteiger partial charge in [-0.25, -0.2) is 4.79 Å². The molecule has 0 amide bonds. The van der Waals surface area contributed by atoms with E-state index in [1.165, 1.54) is 11.1 Å². The molecule has 0 bridgehead atoms. The maximum atomic E-state index is 11.9. The molecule has 0 N–H and O–H groups in total. The second-order valence-corrected chi connectivity index (χ2v) is 5.82. The molecule has 112 valence electrons. The van der Waals surface area contributed by atoms with E-state index in [2.05, 4.69) is 36.3 Å². The number of aromatic nitrogens is 2. The van der Waals surface area contributed by atoms with Crippen LogP contribution in [0.5, 0.6) is 0 Å². The number of rotatable bonds is 6. The summed E-state index contributed by atoms with van der Waals surface area (Å²) in [6.07, 6.45) is 1.58. The van der Waals surface area contributed by atoms with Gasteiger partial charge in [-0.2, -0.15) is 16.9 Å². The highest BCUT2D eigenvalue weighted by atomic mass is 32.2. The summed E-state index contributed by atoms with van der Waals surface area (Å²) in [6, 6.07) is 8.46. The van der Waals surface area contributed by atoms with E-state index in [0.717, 1.165) is 17.2 Å². The van der Waals surface area contributed by atoms with Gasteiger partial charge in [0.2, 0.25) is 0 Å². The average Bonchev–Trinajstić information content (AvgIpc) is 2.81. The summed E-state index contributed by atoms with van der Waals surface area (Å²) in [4.78, 5) is 11.9. The van der Waals surface area contributed by atoms with Crippen molar-refractivity contribution in [3.8, 4) is 0 Å². The summed E-state index contributed by atoms with van der Waals surface area (Å²) in [6.45, 7) is 4.28. The quantitative estimate of drug-likeness (QED) is 0.768. The van der Waals surface area contributed by atoms with Crippen molar-refractivity contribution < 1.29 is 9.53 Å². The highest BCUT2D eigenvalue weighted by Crippen LogP contribution is 2.21. The zero-order chi connectivity index (χ0) is 15.2. The molecule has 0 radical (unpaired) electrons. The number of hydrogen-bond acceptors (Lipinski definition) is 4. The molecule has 0 aliphatic heterocycles. The Morgan fingerprint density at radius 1 is 1.38 bits per heavy atom. The maximum Gasteiger partial charge on any atom is 0.341 e. The first-order valence-electron chi connectivity index (χ1n) is 6.93. The van der Waals surface area contributed by atoms with Gasteiger partial charge in [-0.05, 0) is 19.4 Å². The first-order chi connectivity index (χ1) is 10.1. The van der Waals surface area contributed by atoms with Crippen LogP contribution in [0.1, 0.15) is 34.1 Å². The van der Waals surface area contributed by atoms with Crippen LogP contribution in [0.2, 0.25) is 0 Å². The molecule has 1 aromatic heterocycles. The van der Waals surface area contributed by atoms with Crippen molar-refractivity contribution >= 4 is 17.7 Å². The van der Waals surface area contributed by atoms with Crippen LogP contribution in [0.4, 0.5) is 0 Å². The molecule has 0 fully saturated rings. The number of aryl methyl sites for hydroxylation is 2. The molecule has 2 aromatic rings. The molecular weight excluding hydrogens is 284 g/mol. The highest BCUT2D eigenvalue weighted by Gasteiger charge is 2.16. The number of thioether (sulfide) groups is 1. The molecule has 2 rings (SSSR count). The Morgan fingerprint density at radius 2 is 2.19 bits per heavy atom. The van der Waals surface area contributed by atoms with Crippen LogP contribution in [0.3, 0.4) is 0 Å². The molecule has 0 aliphatic rings. The number of nitrogens with zero attached hydrogens (tertiary/aromatic N) is 2. The van der Waals surface area contributed by atoms with Crippen molar-refractivity contribution in [2.24, 2.45) is 7.05 Å². The van der Waals surface area contributed by atoms with Crippen molar-refractivity contribution in [1.29, 1.82) is 0 Å². The highest BCUT2D eigenvalue weighted by molar-refractivity contribution is 7.97. The molecule has 1 aromatic carbocycles. The Hall–Kier alpha value is -1.75. The van der Waals surface area contributed by atoms with E-state index >= 15 is 0 Å². The topological polar surface area (TPSA) is 44.1 Å². The number of hydrogen-bond donors (Lipinski definition) is 0. The van der Waals surface area contributed by atoms with Crippen LogP contribution in [-0.2, 0) is 23.3 Å². The lowest BCUT2D eigenvalue weighted by Gasteiger charge is -2.06. The molecule has 5 heteroatoms. The molecule has 0 atom stereocenters. The smallest absolute Gasteiger partial charge is 0.341 e. The lowest BCUT2D eigenvalue weighted by atomic mass is 10.2. The summed E-state index contributed by atoms with van der Waals surface area (Å²) in [7, 11) is 1.85. The largest absolute Gasteiger partial charge is 0.462 e.